The Hall–Kier alpha value is -2.09. The molecular weight excluding hydrogens is 326 g/mol. The summed E-state index contributed by atoms with van der Waals surface area (Å²) in [5, 5.41) is 5.37. The number of fused-ring (bicyclic) bond motifs is 1. The summed E-state index contributed by atoms with van der Waals surface area (Å²) in [7, 11) is 1.77. The van der Waals surface area contributed by atoms with Crippen LogP contribution in [0.2, 0.25) is 0 Å². The second kappa shape index (κ2) is 7.65. The lowest BCUT2D eigenvalue weighted by molar-refractivity contribution is -0.149. The molecular formula is C16H23N5O2S. The molecule has 0 aliphatic carbocycles. The number of carbonyl (C=O) groups is 1. The van der Waals surface area contributed by atoms with Gasteiger partial charge in [0.05, 0.1) is 24.8 Å². The molecule has 1 aliphatic rings. The molecule has 130 valence electrons. The standard InChI is InChI=1S/C16H23N5O2S/c1-3-23-14(22)12-5-4-6-20(10-12)15(17-2)18-9-13-11-21-7-8-24-16(21)19-13/h7-8,11-12H,3-6,9-10H2,1-2H3,(H,17,18)/t12-/m0/s1. The topological polar surface area (TPSA) is 71.2 Å². The highest BCUT2D eigenvalue weighted by molar-refractivity contribution is 7.15. The van der Waals surface area contributed by atoms with Gasteiger partial charge in [-0.1, -0.05) is 0 Å². The fraction of sp³-hybridized carbons (Fsp3) is 0.562. The second-order valence-corrected chi connectivity index (χ2v) is 6.64. The summed E-state index contributed by atoms with van der Waals surface area (Å²) >= 11 is 1.62. The number of imidazole rings is 1. The van der Waals surface area contributed by atoms with Gasteiger partial charge < -0.3 is 15.0 Å². The predicted octanol–water partition coefficient (Wildman–Crippen LogP) is 1.75. The molecule has 0 unspecified atom stereocenters. The van der Waals surface area contributed by atoms with E-state index in [1.165, 1.54) is 0 Å². The van der Waals surface area contributed by atoms with Gasteiger partial charge in [-0.3, -0.25) is 14.2 Å². The zero-order chi connectivity index (χ0) is 16.9. The lowest BCUT2D eigenvalue weighted by Crippen LogP contribution is -2.48. The number of nitrogens with zero attached hydrogens (tertiary/aromatic N) is 4. The van der Waals surface area contributed by atoms with Crippen molar-refractivity contribution in [2.45, 2.75) is 26.3 Å². The summed E-state index contributed by atoms with van der Waals surface area (Å²) in [5.74, 6) is 0.627. The molecule has 1 atom stereocenters. The lowest BCUT2D eigenvalue weighted by Gasteiger charge is -2.33. The molecule has 2 aromatic heterocycles. The van der Waals surface area contributed by atoms with E-state index < -0.39 is 0 Å². The van der Waals surface area contributed by atoms with Gasteiger partial charge in [-0.05, 0) is 19.8 Å². The summed E-state index contributed by atoms with van der Waals surface area (Å²) < 4.78 is 7.18. The summed E-state index contributed by atoms with van der Waals surface area (Å²) in [6.45, 7) is 4.43. The lowest BCUT2D eigenvalue weighted by atomic mass is 9.98. The van der Waals surface area contributed by atoms with Crippen LogP contribution in [0.5, 0.6) is 0 Å². The first-order valence-electron chi connectivity index (χ1n) is 8.24. The van der Waals surface area contributed by atoms with Gasteiger partial charge in [0.15, 0.2) is 10.9 Å². The van der Waals surface area contributed by atoms with Crippen LogP contribution in [-0.2, 0) is 16.1 Å². The van der Waals surface area contributed by atoms with Gasteiger partial charge >= 0.3 is 5.97 Å². The largest absolute Gasteiger partial charge is 0.466 e. The minimum atomic E-state index is -0.105. The molecule has 7 nitrogen and oxygen atoms in total. The van der Waals surface area contributed by atoms with Crippen LogP contribution in [0.4, 0.5) is 0 Å². The molecule has 0 radical (unpaired) electrons. The number of rotatable bonds is 4. The Morgan fingerprint density at radius 3 is 3.21 bits per heavy atom. The average Bonchev–Trinajstić information content (AvgIpc) is 3.17. The average molecular weight is 349 g/mol. The van der Waals surface area contributed by atoms with Crippen molar-refractivity contribution in [3.8, 4) is 0 Å². The molecule has 24 heavy (non-hydrogen) atoms. The number of carbonyl (C=O) groups excluding carboxylic acids is 1. The summed E-state index contributed by atoms with van der Waals surface area (Å²) in [6, 6.07) is 0. The van der Waals surface area contributed by atoms with Crippen molar-refractivity contribution in [1.82, 2.24) is 19.6 Å². The zero-order valence-corrected chi connectivity index (χ0v) is 14.9. The van der Waals surface area contributed by atoms with E-state index in [4.69, 9.17) is 4.74 Å². The van der Waals surface area contributed by atoms with Crippen molar-refractivity contribution in [1.29, 1.82) is 0 Å². The molecule has 2 aromatic rings. The Bertz CT molecular complexity index is 694. The number of piperidine rings is 1. The van der Waals surface area contributed by atoms with E-state index in [0.29, 0.717) is 19.7 Å². The Labute approximate surface area is 145 Å². The van der Waals surface area contributed by atoms with Gasteiger partial charge in [0, 0.05) is 37.9 Å². The number of hydrogen-bond acceptors (Lipinski definition) is 5. The number of guanidine groups is 1. The second-order valence-electron chi connectivity index (χ2n) is 5.76. The van der Waals surface area contributed by atoms with Crippen molar-refractivity contribution >= 4 is 28.2 Å². The number of hydrogen-bond donors (Lipinski definition) is 1. The zero-order valence-electron chi connectivity index (χ0n) is 14.1. The Morgan fingerprint density at radius 2 is 2.46 bits per heavy atom. The molecule has 0 bridgehead atoms. The molecule has 0 spiro atoms. The van der Waals surface area contributed by atoms with E-state index in [1.807, 2.05) is 29.1 Å². The maximum atomic E-state index is 12.0. The third kappa shape index (κ3) is 3.69. The highest BCUT2D eigenvalue weighted by Crippen LogP contribution is 2.18. The van der Waals surface area contributed by atoms with Gasteiger partial charge in [-0.15, -0.1) is 11.3 Å². The first-order chi connectivity index (χ1) is 11.7. The van der Waals surface area contributed by atoms with Crippen molar-refractivity contribution in [3.05, 3.63) is 23.5 Å². The molecule has 1 fully saturated rings. The number of likely N-dealkylation sites (tertiary alicyclic amines) is 1. The van der Waals surface area contributed by atoms with E-state index in [0.717, 1.165) is 36.0 Å². The quantitative estimate of drug-likeness (QED) is 0.517. The summed E-state index contributed by atoms with van der Waals surface area (Å²) in [6.07, 6.45) is 5.86. The number of nitrogens with one attached hydrogen (secondary N) is 1. The summed E-state index contributed by atoms with van der Waals surface area (Å²) in [5.41, 5.74) is 0.974. The van der Waals surface area contributed by atoms with E-state index in [-0.39, 0.29) is 11.9 Å². The van der Waals surface area contributed by atoms with Crippen LogP contribution < -0.4 is 5.32 Å². The van der Waals surface area contributed by atoms with E-state index >= 15 is 0 Å². The van der Waals surface area contributed by atoms with Crippen molar-refractivity contribution in [2.24, 2.45) is 10.9 Å². The molecule has 8 heteroatoms. The number of esters is 1. The molecule has 3 heterocycles. The Morgan fingerprint density at radius 1 is 1.58 bits per heavy atom. The van der Waals surface area contributed by atoms with Gasteiger partial charge in [0.1, 0.15) is 0 Å². The predicted molar refractivity (Wildman–Crippen MR) is 94.2 cm³/mol. The third-order valence-corrected chi connectivity index (χ3v) is 4.89. The maximum Gasteiger partial charge on any atom is 0.310 e. The van der Waals surface area contributed by atoms with Crippen molar-refractivity contribution < 1.29 is 9.53 Å². The van der Waals surface area contributed by atoms with Crippen LogP contribution >= 0.6 is 11.3 Å². The van der Waals surface area contributed by atoms with E-state index in [2.05, 4.69) is 20.2 Å². The number of ether oxygens (including phenoxy) is 1. The number of thiazole rings is 1. The summed E-state index contributed by atoms with van der Waals surface area (Å²) in [4.78, 5) is 24.0. The first kappa shape index (κ1) is 16.8. The van der Waals surface area contributed by atoms with Crippen LogP contribution in [0.25, 0.3) is 4.96 Å². The van der Waals surface area contributed by atoms with Crippen molar-refractivity contribution in [3.63, 3.8) is 0 Å². The Balaban J connectivity index is 1.59. The molecule has 0 amide bonds. The number of aliphatic imine (C=N–C) groups is 1. The van der Waals surface area contributed by atoms with E-state index in [9.17, 15) is 4.79 Å². The van der Waals surface area contributed by atoms with Gasteiger partial charge in [0.25, 0.3) is 0 Å². The smallest absolute Gasteiger partial charge is 0.310 e. The molecule has 0 aromatic carbocycles. The van der Waals surface area contributed by atoms with Crippen LogP contribution in [-0.4, -0.2) is 53.0 Å². The maximum absolute atomic E-state index is 12.0. The molecule has 0 saturated carbocycles. The Kier molecular flexibility index (Phi) is 5.34. The normalized spacial score (nSPS) is 18.8. The van der Waals surface area contributed by atoms with Gasteiger partial charge in [0.2, 0.25) is 0 Å². The molecule has 1 N–H and O–H groups in total. The highest BCUT2D eigenvalue weighted by Gasteiger charge is 2.28. The first-order valence-corrected chi connectivity index (χ1v) is 9.12. The molecule has 1 aliphatic heterocycles. The third-order valence-electron chi connectivity index (χ3n) is 4.12. The highest BCUT2D eigenvalue weighted by atomic mass is 32.1. The minimum absolute atomic E-state index is 0.0739. The van der Waals surface area contributed by atoms with Crippen LogP contribution in [0.15, 0.2) is 22.8 Å². The van der Waals surface area contributed by atoms with Gasteiger partial charge in [-0.2, -0.15) is 0 Å². The molecule has 1 saturated heterocycles. The van der Waals surface area contributed by atoms with Crippen LogP contribution in [0.1, 0.15) is 25.5 Å². The van der Waals surface area contributed by atoms with Gasteiger partial charge in [-0.25, -0.2) is 4.98 Å². The minimum Gasteiger partial charge on any atom is -0.466 e. The molecule has 3 rings (SSSR count). The van der Waals surface area contributed by atoms with Crippen molar-refractivity contribution in [2.75, 3.05) is 26.7 Å². The number of aromatic nitrogens is 2. The monoisotopic (exact) mass is 349 g/mol. The van der Waals surface area contributed by atoms with E-state index in [1.54, 1.807) is 18.4 Å². The van der Waals surface area contributed by atoms with Crippen LogP contribution in [0, 0.1) is 5.92 Å². The fourth-order valence-electron chi connectivity index (χ4n) is 2.99. The SMILES string of the molecule is CCOC(=O)[C@H]1CCCN(C(=NC)NCc2cn3ccsc3n2)C1. The van der Waals surface area contributed by atoms with Crippen LogP contribution in [0.3, 0.4) is 0 Å². The fourth-order valence-corrected chi connectivity index (χ4v) is 3.70.